The number of nitrogens with zero attached hydrogens (tertiary/aromatic N) is 5. The van der Waals surface area contributed by atoms with Crippen LogP contribution in [-0.4, -0.2) is 56.3 Å². The molecule has 164 valence electrons. The quantitative estimate of drug-likeness (QED) is 0.695. The Labute approximate surface area is 184 Å². The minimum Gasteiger partial charge on any atom is -0.323 e. The highest BCUT2D eigenvalue weighted by Gasteiger charge is 2.53. The Bertz CT molecular complexity index is 1020. The molecule has 4 rings (SSSR count). The Balaban J connectivity index is 1.46. The minimum atomic E-state index is -0.908. The van der Waals surface area contributed by atoms with Crippen molar-refractivity contribution in [3.05, 3.63) is 28.7 Å². The number of urea groups is 1. The van der Waals surface area contributed by atoms with E-state index in [1.54, 1.807) is 19.2 Å². The van der Waals surface area contributed by atoms with Gasteiger partial charge in [0.25, 0.3) is 5.91 Å². The van der Waals surface area contributed by atoms with E-state index in [0.717, 1.165) is 9.78 Å². The third-order valence-electron chi connectivity index (χ3n) is 5.76. The maximum absolute atomic E-state index is 13.3. The highest BCUT2D eigenvalue weighted by molar-refractivity contribution is 7.15. The number of hydrogen-bond acceptors (Lipinski definition) is 8. The van der Waals surface area contributed by atoms with Crippen molar-refractivity contribution in [3.63, 3.8) is 0 Å². The van der Waals surface area contributed by atoms with Gasteiger partial charge in [0, 0.05) is 48.9 Å². The molecule has 4 amide bonds. The third kappa shape index (κ3) is 4.02. The van der Waals surface area contributed by atoms with E-state index in [-0.39, 0.29) is 17.9 Å². The van der Waals surface area contributed by atoms with Gasteiger partial charge in [-0.05, 0) is 33.6 Å². The van der Waals surface area contributed by atoms with Crippen molar-refractivity contribution < 1.29 is 14.4 Å². The molecular weight excluding hydrogens is 418 g/mol. The lowest BCUT2D eigenvalue weighted by Crippen LogP contribution is -2.55. The molecule has 1 spiro atoms. The summed E-state index contributed by atoms with van der Waals surface area (Å²) in [6.07, 6.45) is 2.80. The maximum atomic E-state index is 13.3. The lowest BCUT2D eigenvalue weighted by Gasteiger charge is -2.39. The highest BCUT2D eigenvalue weighted by atomic mass is 32.1. The molecule has 0 radical (unpaired) electrons. The predicted octanol–water partition coefficient (Wildman–Crippen LogP) is 2.16. The summed E-state index contributed by atoms with van der Waals surface area (Å²) in [4.78, 5) is 54.4. The van der Waals surface area contributed by atoms with Crippen LogP contribution in [0.2, 0.25) is 0 Å². The first-order valence-electron chi connectivity index (χ1n) is 10.1. The second-order valence-corrected chi connectivity index (χ2v) is 9.09. The van der Waals surface area contributed by atoms with Crippen LogP contribution in [0.25, 0.3) is 0 Å². The van der Waals surface area contributed by atoms with Gasteiger partial charge in [-0.3, -0.25) is 14.5 Å². The van der Waals surface area contributed by atoms with Crippen molar-refractivity contribution in [3.8, 4) is 0 Å². The summed E-state index contributed by atoms with van der Waals surface area (Å²) in [7, 11) is 0. The van der Waals surface area contributed by atoms with Gasteiger partial charge in [-0.1, -0.05) is 0 Å². The van der Waals surface area contributed by atoms with Gasteiger partial charge in [0.2, 0.25) is 5.91 Å². The van der Waals surface area contributed by atoms with Crippen molar-refractivity contribution in [2.45, 2.75) is 52.1 Å². The Morgan fingerprint density at radius 3 is 2.61 bits per heavy atom. The van der Waals surface area contributed by atoms with Gasteiger partial charge in [-0.2, -0.15) is 0 Å². The molecule has 0 aliphatic carbocycles. The monoisotopic (exact) mass is 443 g/mol. The fourth-order valence-corrected chi connectivity index (χ4v) is 5.09. The summed E-state index contributed by atoms with van der Waals surface area (Å²) in [5.74, 6) is 0.425. The fraction of sp³-hybridized carbons (Fsp3) is 0.500. The first-order chi connectivity index (χ1) is 14.7. The number of imide groups is 1. The number of amides is 4. The van der Waals surface area contributed by atoms with E-state index in [2.05, 4.69) is 37.4 Å². The van der Waals surface area contributed by atoms with E-state index in [4.69, 9.17) is 0 Å². The van der Waals surface area contributed by atoms with E-state index >= 15 is 0 Å². The summed E-state index contributed by atoms with van der Waals surface area (Å²) < 4.78 is 0. The van der Waals surface area contributed by atoms with Gasteiger partial charge in [0.05, 0.1) is 0 Å². The standard InChI is InChI=1S/C20H25N7O3S/c1-11-9-16(23-13(3)22-11)27-17(29)20(25-19(27)30)5-7-26(8-6-20)12(2)15-10-21-18(31-15)24-14(4)28/h9-10,12H,5-8H2,1-4H3,(H,25,30)(H,21,24,28). The number of carbonyl (C=O) groups excluding carboxylic acids is 3. The molecule has 0 saturated carbocycles. The van der Waals surface area contributed by atoms with Gasteiger partial charge < -0.3 is 10.6 Å². The molecule has 4 heterocycles. The Hall–Kier alpha value is -2.92. The topological polar surface area (TPSA) is 120 Å². The van der Waals surface area contributed by atoms with Crippen molar-refractivity contribution in [2.24, 2.45) is 0 Å². The number of aryl methyl sites for hydroxylation is 2. The number of thiazole rings is 1. The number of nitrogens with one attached hydrogen (secondary N) is 2. The van der Waals surface area contributed by atoms with Crippen LogP contribution in [0.3, 0.4) is 0 Å². The summed E-state index contributed by atoms with van der Waals surface area (Å²) in [6.45, 7) is 8.38. The zero-order valence-electron chi connectivity index (χ0n) is 17.9. The molecule has 10 nitrogen and oxygen atoms in total. The normalized spacial score (nSPS) is 19.5. The molecule has 0 aromatic carbocycles. The molecule has 11 heteroatoms. The molecule has 1 atom stereocenters. The van der Waals surface area contributed by atoms with Crippen molar-refractivity contribution in [1.82, 2.24) is 25.2 Å². The molecular formula is C20H25N7O3S. The van der Waals surface area contributed by atoms with Gasteiger partial charge >= 0.3 is 6.03 Å². The second kappa shape index (κ2) is 7.97. The van der Waals surface area contributed by atoms with Crippen LogP contribution in [0.1, 0.15) is 49.1 Å². The van der Waals surface area contributed by atoms with Crippen LogP contribution >= 0.6 is 11.3 Å². The number of carbonyl (C=O) groups is 3. The van der Waals surface area contributed by atoms with Gasteiger partial charge in [0.15, 0.2) is 5.13 Å². The molecule has 2 aromatic heterocycles. The number of likely N-dealkylation sites (tertiary alicyclic amines) is 1. The lowest BCUT2D eigenvalue weighted by molar-refractivity contribution is -0.124. The number of aromatic nitrogens is 3. The van der Waals surface area contributed by atoms with Crippen LogP contribution in [0.5, 0.6) is 0 Å². The number of piperidine rings is 1. The molecule has 2 N–H and O–H groups in total. The molecule has 2 aromatic rings. The summed E-state index contributed by atoms with van der Waals surface area (Å²) in [5.41, 5.74) is -0.203. The Kier molecular flexibility index (Phi) is 5.48. The average molecular weight is 444 g/mol. The number of anilines is 2. The second-order valence-electron chi connectivity index (χ2n) is 8.03. The van der Waals surface area contributed by atoms with Crippen molar-refractivity contribution >= 4 is 40.1 Å². The first kappa shape index (κ1) is 21.3. The highest BCUT2D eigenvalue weighted by Crippen LogP contribution is 2.36. The van der Waals surface area contributed by atoms with Crippen LogP contribution in [0, 0.1) is 13.8 Å². The first-order valence-corrected chi connectivity index (χ1v) is 11.0. The van der Waals surface area contributed by atoms with E-state index in [1.807, 2.05) is 6.92 Å². The van der Waals surface area contributed by atoms with Gasteiger partial charge in [-0.25, -0.2) is 24.6 Å². The number of hydrogen-bond donors (Lipinski definition) is 2. The zero-order chi connectivity index (χ0) is 22.3. The Morgan fingerprint density at radius 2 is 1.97 bits per heavy atom. The van der Waals surface area contributed by atoms with Crippen LogP contribution < -0.4 is 15.5 Å². The molecule has 2 aliphatic rings. The average Bonchev–Trinajstić information content (AvgIpc) is 3.23. The predicted molar refractivity (Wildman–Crippen MR) is 116 cm³/mol. The van der Waals surface area contributed by atoms with E-state index in [1.165, 1.54) is 18.3 Å². The largest absolute Gasteiger partial charge is 0.330 e. The molecule has 2 aliphatic heterocycles. The zero-order valence-corrected chi connectivity index (χ0v) is 18.7. The summed E-state index contributed by atoms with van der Waals surface area (Å²) >= 11 is 1.44. The van der Waals surface area contributed by atoms with Crippen LogP contribution in [0.15, 0.2) is 12.3 Å². The lowest BCUT2D eigenvalue weighted by atomic mass is 9.87. The molecule has 1 unspecified atom stereocenters. The Morgan fingerprint density at radius 1 is 1.26 bits per heavy atom. The van der Waals surface area contributed by atoms with Crippen LogP contribution in [-0.2, 0) is 9.59 Å². The molecule has 2 fully saturated rings. The molecule has 0 bridgehead atoms. The van der Waals surface area contributed by atoms with Crippen LogP contribution in [0.4, 0.5) is 15.7 Å². The summed E-state index contributed by atoms with van der Waals surface area (Å²) in [6, 6.07) is 1.30. The summed E-state index contributed by atoms with van der Waals surface area (Å²) in [5, 5.41) is 6.20. The van der Waals surface area contributed by atoms with E-state index in [9.17, 15) is 14.4 Å². The van der Waals surface area contributed by atoms with E-state index < -0.39 is 11.6 Å². The molecule has 2 saturated heterocycles. The maximum Gasteiger partial charge on any atom is 0.330 e. The van der Waals surface area contributed by atoms with E-state index in [0.29, 0.717) is 48.4 Å². The van der Waals surface area contributed by atoms with Gasteiger partial charge in [0.1, 0.15) is 17.2 Å². The smallest absolute Gasteiger partial charge is 0.323 e. The minimum absolute atomic E-state index is 0.0906. The fourth-order valence-electron chi connectivity index (χ4n) is 4.14. The SMILES string of the molecule is CC(=O)Nc1ncc(C(C)N2CCC3(CC2)NC(=O)N(c2cc(C)nc(C)n2)C3=O)s1. The number of rotatable bonds is 4. The third-order valence-corrected chi connectivity index (χ3v) is 6.84. The molecule has 31 heavy (non-hydrogen) atoms. The van der Waals surface area contributed by atoms with Crippen molar-refractivity contribution in [1.29, 1.82) is 0 Å². The van der Waals surface area contributed by atoms with Crippen molar-refractivity contribution in [2.75, 3.05) is 23.3 Å². The van der Waals surface area contributed by atoms with Gasteiger partial charge in [-0.15, -0.1) is 11.3 Å².